The molecule has 0 radical (unpaired) electrons. The van der Waals surface area contributed by atoms with Crippen molar-refractivity contribution in [1.82, 2.24) is 4.98 Å². The summed E-state index contributed by atoms with van der Waals surface area (Å²) in [5, 5.41) is 0. The number of Topliss-reactive ketones (excluding diaryl/α,β-unsaturated/α-hetero) is 2. The largest absolute Gasteiger partial charge is 0.300 e. The Labute approximate surface area is 68.1 Å². The third-order valence-electron chi connectivity index (χ3n) is 1.12. The fourth-order valence-corrected chi connectivity index (χ4v) is 1.23. The SMILES string of the molecule is CC(=O)CC(=O)c1cncs1. The first-order valence-electron chi connectivity index (χ1n) is 3.11. The number of carbonyl (C=O) groups is 2. The van der Waals surface area contributed by atoms with Gasteiger partial charge in [0.25, 0.3) is 0 Å². The van der Waals surface area contributed by atoms with Gasteiger partial charge in [-0.05, 0) is 6.92 Å². The predicted molar refractivity (Wildman–Crippen MR) is 41.7 cm³/mol. The fraction of sp³-hybridized carbons (Fsp3) is 0.286. The molecule has 0 unspecified atom stereocenters. The predicted octanol–water partition coefficient (Wildman–Crippen LogP) is 1.30. The lowest BCUT2D eigenvalue weighted by atomic mass is 10.2. The standard InChI is InChI=1S/C7H7NO2S/c1-5(9)2-6(10)7-3-8-4-11-7/h3-4H,2H2,1H3. The van der Waals surface area contributed by atoms with Crippen molar-refractivity contribution in [2.45, 2.75) is 13.3 Å². The molecule has 1 rings (SSSR count). The van der Waals surface area contributed by atoms with Crippen LogP contribution in [0.3, 0.4) is 0 Å². The molecule has 0 aromatic carbocycles. The van der Waals surface area contributed by atoms with Crippen molar-refractivity contribution in [3.63, 3.8) is 0 Å². The van der Waals surface area contributed by atoms with Gasteiger partial charge in [-0.1, -0.05) is 0 Å². The van der Waals surface area contributed by atoms with Gasteiger partial charge in [-0.3, -0.25) is 14.6 Å². The number of hydrogen-bond acceptors (Lipinski definition) is 4. The highest BCUT2D eigenvalue weighted by Crippen LogP contribution is 2.08. The van der Waals surface area contributed by atoms with E-state index in [2.05, 4.69) is 4.98 Å². The first kappa shape index (κ1) is 8.07. The molecular formula is C7H7NO2S. The van der Waals surface area contributed by atoms with Crippen LogP contribution in [-0.2, 0) is 4.79 Å². The quantitative estimate of drug-likeness (QED) is 0.506. The normalized spacial score (nSPS) is 9.55. The van der Waals surface area contributed by atoms with E-state index in [4.69, 9.17) is 0 Å². The van der Waals surface area contributed by atoms with E-state index in [-0.39, 0.29) is 18.0 Å². The molecule has 0 fully saturated rings. The molecule has 0 aliphatic rings. The second kappa shape index (κ2) is 3.39. The fourth-order valence-electron chi connectivity index (χ4n) is 0.667. The topological polar surface area (TPSA) is 47.0 Å². The summed E-state index contributed by atoms with van der Waals surface area (Å²) >= 11 is 1.26. The van der Waals surface area contributed by atoms with Gasteiger partial charge in [-0.25, -0.2) is 0 Å². The van der Waals surface area contributed by atoms with Crippen LogP contribution in [0.1, 0.15) is 23.0 Å². The maximum atomic E-state index is 11.1. The van der Waals surface area contributed by atoms with Gasteiger partial charge < -0.3 is 0 Å². The number of hydrogen-bond donors (Lipinski definition) is 0. The zero-order valence-corrected chi connectivity index (χ0v) is 6.85. The van der Waals surface area contributed by atoms with Gasteiger partial charge in [0.2, 0.25) is 0 Å². The van der Waals surface area contributed by atoms with Gasteiger partial charge in [0.1, 0.15) is 5.78 Å². The van der Waals surface area contributed by atoms with Crippen molar-refractivity contribution in [2.75, 3.05) is 0 Å². The summed E-state index contributed by atoms with van der Waals surface area (Å²) in [5.41, 5.74) is 1.58. The molecule has 0 spiro atoms. The minimum Gasteiger partial charge on any atom is -0.300 e. The molecule has 3 nitrogen and oxygen atoms in total. The summed E-state index contributed by atoms with van der Waals surface area (Å²) in [6, 6.07) is 0. The molecule has 0 bridgehead atoms. The van der Waals surface area contributed by atoms with Crippen LogP contribution in [0.5, 0.6) is 0 Å². The molecule has 0 aliphatic heterocycles. The highest BCUT2D eigenvalue weighted by atomic mass is 32.1. The minimum atomic E-state index is -0.139. The van der Waals surface area contributed by atoms with Crippen LogP contribution in [0.4, 0.5) is 0 Å². The summed E-state index contributed by atoms with van der Waals surface area (Å²) in [4.78, 5) is 25.9. The molecule has 0 atom stereocenters. The molecule has 11 heavy (non-hydrogen) atoms. The van der Waals surface area contributed by atoms with E-state index in [9.17, 15) is 9.59 Å². The van der Waals surface area contributed by atoms with Crippen LogP contribution in [0.15, 0.2) is 11.7 Å². The van der Waals surface area contributed by atoms with Crippen LogP contribution in [-0.4, -0.2) is 16.6 Å². The van der Waals surface area contributed by atoms with Crippen molar-refractivity contribution in [3.8, 4) is 0 Å². The van der Waals surface area contributed by atoms with E-state index in [1.54, 1.807) is 5.51 Å². The van der Waals surface area contributed by atoms with Gasteiger partial charge in [-0.2, -0.15) is 0 Å². The average Bonchev–Trinajstić information content (AvgIpc) is 2.35. The molecule has 1 heterocycles. The molecule has 0 amide bonds. The van der Waals surface area contributed by atoms with Crippen molar-refractivity contribution < 1.29 is 9.59 Å². The van der Waals surface area contributed by atoms with E-state index in [0.717, 1.165) is 0 Å². The van der Waals surface area contributed by atoms with Crippen molar-refractivity contribution >= 4 is 22.9 Å². The van der Waals surface area contributed by atoms with Gasteiger partial charge in [0.05, 0.1) is 16.8 Å². The zero-order chi connectivity index (χ0) is 8.27. The van der Waals surface area contributed by atoms with Crippen LogP contribution in [0, 0.1) is 0 Å². The molecule has 58 valence electrons. The number of carbonyl (C=O) groups excluding carboxylic acids is 2. The Morgan fingerprint density at radius 1 is 1.64 bits per heavy atom. The van der Waals surface area contributed by atoms with E-state index in [0.29, 0.717) is 4.88 Å². The summed E-state index contributed by atoms with van der Waals surface area (Å²) in [7, 11) is 0. The van der Waals surface area contributed by atoms with Gasteiger partial charge in [-0.15, -0.1) is 11.3 Å². The Bertz CT molecular complexity index is 266. The molecule has 1 aromatic rings. The first-order chi connectivity index (χ1) is 5.20. The van der Waals surface area contributed by atoms with Crippen LogP contribution in [0.25, 0.3) is 0 Å². The summed E-state index contributed by atoms with van der Waals surface area (Å²) < 4.78 is 0. The van der Waals surface area contributed by atoms with E-state index < -0.39 is 0 Å². The Hall–Kier alpha value is -1.03. The Balaban J connectivity index is 2.64. The Morgan fingerprint density at radius 3 is 2.82 bits per heavy atom. The second-order valence-corrected chi connectivity index (χ2v) is 3.05. The van der Waals surface area contributed by atoms with Gasteiger partial charge in [0.15, 0.2) is 5.78 Å². The number of ketones is 2. The Morgan fingerprint density at radius 2 is 2.36 bits per heavy atom. The molecule has 0 saturated carbocycles. The highest BCUT2D eigenvalue weighted by Gasteiger charge is 2.08. The number of rotatable bonds is 3. The summed E-state index contributed by atoms with van der Waals surface area (Å²) in [5.74, 6) is -0.247. The monoisotopic (exact) mass is 169 g/mol. The third-order valence-corrected chi connectivity index (χ3v) is 1.93. The summed E-state index contributed by atoms with van der Waals surface area (Å²) in [6.07, 6.45) is 1.47. The zero-order valence-electron chi connectivity index (χ0n) is 6.03. The lowest BCUT2D eigenvalue weighted by Gasteiger charge is -1.89. The molecular weight excluding hydrogens is 162 g/mol. The first-order valence-corrected chi connectivity index (χ1v) is 3.99. The molecule has 0 aliphatic carbocycles. The highest BCUT2D eigenvalue weighted by molar-refractivity contribution is 7.11. The third kappa shape index (κ3) is 2.23. The van der Waals surface area contributed by atoms with Gasteiger partial charge in [0, 0.05) is 6.20 Å². The number of aromatic nitrogens is 1. The average molecular weight is 169 g/mol. The van der Waals surface area contributed by atoms with Crippen molar-refractivity contribution in [1.29, 1.82) is 0 Å². The Kier molecular flexibility index (Phi) is 2.48. The van der Waals surface area contributed by atoms with E-state index in [1.165, 1.54) is 24.5 Å². The minimum absolute atomic E-state index is 0.0117. The van der Waals surface area contributed by atoms with E-state index in [1.807, 2.05) is 0 Å². The number of nitrogens with zero attached hydrogens (tertiary/aromatic N) is 1. The molecule has 0 saturated heterocycles. The van der Waals surface area contributed by atoms with Crippen molar-refractivity contribution in [3.05, 3.63) is 16.6 Å². The molecule has 0 N–H and O–H groups in total. The maximum Gasteiger partial charge on any atom is 0.181 e. The number of thiazole rings is 1. The van der Waals surface area contributed by atoms with Gasteiger partial charge >= 0.3 is 0 Å². The lowest BCUT2D eigenvalue weighted by Crippen LogP contribution is -2.02. The van der Waals surface area contributed by atoms with Crippen LogP contribution < -0.4 is 0 Å². The smallest absolute Gasteiger partial charge is 0.181 e. The molecule has 1 aromatic heterocycles. The van der Waals surface area contributed by atoms with Crippen molar-refractivity contribution in [2.24, 2.45) is 0 Å². The molecule has 4 heteroatoms. The van der Waals surface area contributed by atoms with Crippen LogP contribution in [0.2, 0.25) is 0 Å². The lowest BCUT2D eigenvalue weighted by molar-refractivity contribution is -0.116. The summed E-state index contributed by atoms with van der Waals surface area (Å²) in [6.45, 7) is 1.40. The maximum absolute atomic E-state index is 11.1. The van der Waals surface area contributed by atoms with Crippen LogP contribution >= 0.6 is 11.3 Å². The second-order valence-electron chi connectivity index (χ2n) is 2.17. The van der Waals surface area contributed by atoms with E-state index >= 15 is 0 Å².